The van der Waals surface area contributed by atoms with E-state index in [0.29, 0.717) is 18.4 Å². The average molecular weight is 308 g/mol. The molecule has 1 aliphatic carbocycles. The van der Waals surface area contributed by atoms with Crippen molar-refractivity contribution in [1.82, 2.24) is 0 Å². The largest absolute Gasteiger partial charge is 0.460 e. The smallest absolute Gasteiger partial charge is 0.374 e. The van der Waals surface area contributed by atoms with Gasteiger partial charge < -0.3 is 4.74 Å². The van der Waals surface area contributed by atoms with Crippen molar-refractivity contribution in [3.63, 3.8) is 0 Å². The first-order valence-electron chi connectivity index (χ1n) is 8.74. The summed E-state index contributed by atoms with van der Waals surface area (Å²) in [5.74, 6) is 0.176. The molecule has 1 atom stereocenters. The van der Waals surface area contributed by atoms with Gasteiger partial charge in [0.2, 0.25) is 5.78 Å². The first-order valence-corrected chi connectivity index (χ1v) is 8.74. The Kier molecular flexibility index (Phi) is 8.44. The lowest BCUT2D eigenvalue weighted by atomic mass is 9.81. The molecule has 1 unspecified atom stereocenters. The van der Waals surface area contributed by atoms with Gasteiger partial charge in [-0.05, 0) is 57.8 Å². The summed E-state index contributed by atoms with van der Waals surface area (Å²) in [6.07, 6.45) is 9.00. The molecule has 3 heteroatoms. The van der Waals surface area contributed by atoms with E-state index < -0.39 is 5.97 Å². The summed E-state index contributed by atoms with van der Waals surface area (Å²) in [5, 5.41) is 0. The van der Waals surface area contributed by atoms with Crippen molar-refractivity contribution in [3.05, 3.63) is 11.6 Å². The second-order valence-corrected chi connectivity index (χ2v) is 7.21. The Labute approximate surface area is 135 Å². The van der Waals surface area contributed by atoms with Crippen LogP contribution in [0.1, 0.15) is 72.6 Å². The third-order valence-corrected chi connectivity index (χ3v) is 4.64. The van der Waals surface area contributed by atoms with Gasteiger partial charge in [-0.3, -0.25) is 4.79 Å². The van der Waals surface area contributed by atoms with Crippen LogP contribution in [0.4, 0.5) is 0 Å². The highest BCUT2D eigenvalue weighted by Crippen LogP contribution is 2.29. The van der Waals surface area contributed by atoms with Crippen LogP contribution in [-0.4, -0.2) is 18.4 Å². The molecule has 0 aromatic rings. The number of rotatable bonds is 8. The summed E-state index contributed by atoms with van der Waals surface area (Å²) < 4.78 is 5.18. The van der Waals surface area contributed by atoms with E-state index in [0.717, 1.165) is 44.9 Å². The van der Waals surface area contributed by atoms with Gasteiger partial charge in [-0.2, -0.15) is 0 Å². The third kappa shape index (κ3) is 7.24. The summed E-state index contributed by atoms with van der Waals surface area (Å²) >= 11 is 0. The zero-order valence-electron chi connectivity index (χ0n) is 14.7. The maximum atomic E-state index is 12.0. The van der Waals surface area contributed by atoms with Crippen molar-refractivity contribution in [3.8, 4) is 0 Å². The van der Waals surface area contributed by atoms with Gasteiger partial charge in [0, 0.05) is 5.92 Å². The van der Waals surface area contributed by atoms with Crippen molar-refractivity contribution >= 4 is 11.8 Å². The van der Waals surface area contributed by atoms with Gasteiger partial charge in [0.05, 0.1) is 6.61 Å². The van der Waals surface area contributed by atoms with E-state index in [1.54, 1.807) is 0 Å². The standard InChI is InChI=1S/C19H32O3/c1-14(2)6-5-7-15(3)12-13-22-19(21)18(20)17-10-8-16(4)9-11-17/h6,15-17H,5,7-13H2,1-4H3. The highest BCUT2D eigenvalue weighted by atomic mass is 16.5. The van der Waals surface area contributed by atoms with E-state index in [-0.39, 0.29) is 11.7 Å². The van der Waals surface area contributed by atoms with E-state index >= 15 is 0 Å². The van der Waals surface area contributed by atoms with E-state index in [1.807, 2.05) is 0 Å². The second kappa shape index (κ2) is 9.81. The number of ketones is 1. The van der Waals surface area contributed by atoms with Crippen LogP contribution in [0.5, 0.6) is 0 Å². The lowest BCUT2D eigenvalue weighted by Gasteiger charge is -2.24. The Balaban J connectivity index is 2.19. The maximum absolute atomic E-state index is 12.0. The number of carbonyl (C=O) groups is 2. The van der Waals surface area contributed by atoms with Crippen molar-refractivity contribution in [2.24, 2.45) is 17.8 Å². The molecular weight excluding hydrogens is 276 g/mol. The minimum atomic E-state index is -0.615. The van der Waals surface area contributed by atoms with Gasteiger partial charge in [0.25, 0.3) is 0 Å². The molecule has 1 aliphatic rings. The number of Topliss-reactive ketones (excluding diaryl/α,β-unsaturated/α-hetero) is 1. The van der Waals surface area contributed by atoms with E-state index in [1.165, 1.54) is 5.57 Å². The lowest BCUT2D eigenvalue weighted by Crippen LogP contribution is -2.29. The molecule has 3 nitrogen and oxygen atoms in total. The lowest BCUT2D eigenvalue weighted by molar-refractivity contribution is -0.156. The number of hydrogen-bond acceptors (Lipinski definition) is 3. The molecule has 0 saturated heterocycles. The minimum Gasteiger partial charge on any atom is -0.460 e. The normalized spacial score (nSPS) is 22.7. The van der Waals surface area contributed by atoms with Crippen molar-refractivity contribution in [1.29, 1.82) is 0 Å². The van der Waals surface area contributed by atoms with E-state index in [9.17, 15) is 9.59 Å². The second-order valence-electron chi connectivity index (χ2n) is 7.21. The fraction of sp³-hybridized carbons (Fsp3) is 0.789. The Morgan fingerprint density at radius 3 is 2.36 bits per heavy atom. The Morgan fingerprint density at radius 2 is 1.77 bits per heavy atom. The van der Waals surface area contributed by atoms with Gasteiger partial charge >= 0.3 is 5.97 Å². The van der Waals surface area contributed by atoms with Crippen molar-refractivity contribution < 1.29 is 14.3 Å². The van der Waals surface area contributed by atoms with Gasteiger partial charge in [-0.25, -0.2) is 4.79 Å². The number of hydrogen-bond donors (Lipinski definition) is 0. The van der Waals surface area contributed by atoms with E-state index in [2.05, 4.69) is 33.8 Å². The minimum absolute atomic E-state index is 0.0983. The van der Waals surface area contributed by atoms with Crippen LogP contribution >= 0.6 is 0 Å². The van der Waals surface area contributed by atoms with Crippen LogP contribution in [-0.2, 0) is 14.3 Å². The van der Waals surface area contributed by atoms with Crippen LogP contribution in [0.3, 0.4) is 0 Å². The Bertz CT molecular complexity index is 385. The highest BCUT2D eigenvalue weighted by molar-refractivity contribution is 6.34. The molecule has 0 bridgehead atoms. The fourth-order valence-corrected chi connectivity index (χ4v) is 2.91. The van der Waals surface area contributed by atoms with Crippen LogP contribution in [0, 0.1) is 17.8 Å². The van der Waals surface area contributed by atoms with Gasteiger partial charge in [-0.1, -0.05) is 38.3 Å². The summed E-state index contributed by atoms with van der Waals surface area (Å²) in [4.78, 5) is 23.9. The first-order chi connectivity index (χ1) is 10.4. The molecule has 126 valence electrons. The number of esters is 1. The molecule has 0 radical (unpaired) electrons. The van der Waals surface area contributed by atoms with Crippen LogP contribution < -0.4 is 0 Å². The van der Waals surface area contributed by atoms with Gasteiger partial charge in [-0.15, -0.1) is 0 Å². The first kappa shape index (κ1) is 18.9. The molecule has 1 rings (SSSR count). The van der Waals surface area contributed by atoms with Crippen molar-refractivity contribution in [2.75, 3.05) is 6.61 Å². The Morgan fingerprint density at radius 1 is 1.14 bits per heavy atom. The molecule has 1 saturated carbocycles. The van der Waals surface area contributed by atoms with Gasteiger partial charge in [0.15, 0.2) is 0 Å². The molecular formula is C19H32O3. The molecule has 22 heavy (non-hydrogen) atoms. The molecule has 0 aromatic carbocycles. The molecule has 0 aromatic heterocycles. The average Bonchev–Trinajstić information content (AvgIpc) is 2.46. The maximum Gasteiger partial charge on any atom is 0.374 e. The van der Waals surface area contributed by atoms with Crippen LogP contribution in [0.25, 0.3) is 0 Å². The van der Waals surface area contributed by atoms with E-state index in [4.69, 9.17) is 4.74 Å². The zero-order chi connectivity index (χ0) is 16.5. The molecule has 0 N–H and O–H groups in total. The number of allylic oxidation sites excluding steroid dienone is 2. The molecule has 0 heterocycles. The molecule has 0 amide bonds. The molecule has 0 aliphatic heterocycles. The predicted octanol–water partition coefficient (Wildman–Crippen LogP) is 4.70. The third-order valence-electron chi connectivity index (χ3n) is 4.64. The number of ether oxygens (including phenoxy) is 1. The Hall–Kier alpha value is -1.12. The predicted molar refractivity (Wildman–Crippen MR) is 89.5 cm³/mol. The van der Waals surface area contributed by atoms with Crippen molar-refractivity contribution in [2.45, 2.75) is 72.6 Å². The topological polar surface area (TPSA) is 43.4 Å². The molecule has 1 fully saturated rings. The van der Waals surface area contributed by atoms with Crippen LogP contribution in [0.15, 0.2) is 11.6 Å². The summed E-state index contributed by atoms with van der Waals surface area (Å²) in [7, 11) is 0. The summed E-state index contributed by atoms with van der Waals surface area (Å²) in [5.41, 5.74) is 1.34. The fourth-order valence-electron chi connectivity index (χ4n) is 2.91. The molecule has 0 spiro atoms. The summed E-state index contributed by atoms with van der Waals surface area (Å²) in [6.45, 7) is 8.93. The highest BCUT2D eigenvalue weighted by Gasteiger charge is 2.29. The zero-order valence-corrected chi connectivity index (χ0v) is 14.7. The van der Waals surface area contributed by atoms with Crippen LogP contribution in [0.2, 0.25) is 0 Å². The SMILES string of the molecule is CC(C)=CCCC(C)CCOC(=O)C(=O)C1CCC(C)CC1. The quantitative estimate of drug-likeness (QED) is 0.371. The number of carbonyl (C=O) groups excluding carboxylic acids is 2. The van der Waals surface area contributed by atoms with Gasteiger partial charge in [0.1, 0.15) is 0 Å². The monoisotopic (exact) mass is 308 g/mol. The summed E-state index contributed by atoms with van der Waals surface area (Å²) in [6, 6.07) is 0.